The Morgan fingerprint density at radius 3 is 2.92 bits per heavy atom. The maximum Gasteiger partial charge on any atom is 0.239 e. The number of piperazine rings is 1. The van der Waals surface area contributed by atoms with Crippen LogP contribution in [-0.2, 0) is 16.0 Å². The number of carbonyl (C=O) groups excluding carboxylic acids is 2. The van der Waals surface area contributed by atoms with Gasteiger partial charge in [0.2, 0.25) is 11.8 Å². The van der Waals surface area contributed by atoms with Crippen molar-refractivity contribution in [3.8, 4) is 0 Å². The van der Waals surface area contributed by atoms with Crippen molar-refractivity contribution >= 4 is 23.3 Å². The Labute approximate surface area is 140 Å². The number of aromatic nitrogens is 2. The van der Waals surface area contributed by atoms with E-state index in [0.29, 0.717) is 31.6 Å². The van der Waals surface area contributed by atoms with Crippen LogP contribution in [0.3, 0.4) is 0 Å². The fourth-order valence-electron chi connectivity index (χ4n) is 2.51. The average Bonchev–Trinajstić information content (AvgIpc) is 2.61. The Morgan fingerprint density at radius 2 is 2.21 bits per heavy atom. The summed E-state index contributed by atoms with van der Waals surface area (Å²) in [5.41, 5.74) is 1.68. The van der Waals surface area contributed by atoms with Crippen molar-refractivity contribution in [2.24, 2.45) is 0 Å². The highest BCUT2D eigenvalue weighted by atomic mass is 16.2. The zero-order chi connectivity index (χ0) is 16.8. The lowest BCUT2D eigenvalue weighted by atomic mass is 10.1. The van der Waals surface area contributed by atoms with Crippen LogP contribution in [0.4, 0.5) is 11.5 Å². The molecule has 0 bridgehead atoms. The quantitative estimate of drug-likeness (QED) is 0.856. The van der Waals surface area contributed by atoms with Crippen LogP contribution in [0.15, 0.2) is 42.9 Å². The van der Waals surface area contributed by atoms with E-state index in [0.717, 1.165) is 17.9 Å². The van der Waals surface area contributed by atoms with E-state index in [2.05, 4.69) is 20.6 Å². The third-order valence-corrected chi connectivity index (χ3v) is 3.76. The molecule has 3 rings (SSSR count). The number of anilines is 2. The molecule has 2 N–H and O–H groups in total. The Morgan fingerprint density at radius 1 is 1.29 bits per heavy atom. The molecule has 0 unspecified atom stereocenters. The summed E-state index contributed by atoms with van der Waals surface area (Å²) < 4.78 is 0. The van der Waals surface area contributed by atoms with Gasteiger partial charge >= 0.3 is 0 Å². The van der Waals surface area contributed by atoms with Crippen LogP contribution >= 0.6 is 0 Å². The molecule has 7 heteroatoms. The fraction of sp³-hybridized carbons (Fsp3) is 0.294. The highest BCUT2D eigenvalue weighted by Gasteiger charge is 2.17. The summed E-state index contributed by atoms with van der Waals surface area (Å²) in [7, 11) is 0. The number of hydrogen-bond acceptors (Lipinski definition) is 5. The molecule has 0 saturated carbocycles. The van der Waals surface area contributed by atoms with E-state index in [1.807, 2.05) is 23.1 Å². The lowest BCUT2D eigenvalue weighted by Gasteiger charge is -2.27. The van der Waals surface area contributed by atoms with Gasteiger partial charge in [-0.05, 0) is 30.2 Å². The van der Waals surface area contributed by atoms with Crippen molar-refractivity contribution in [1.82, 2.24) is 15.3 Å². The van der Waals surface area contributed by atoms with Crippen molar-refractivity contribution in [2.45, 2.75) is 12.8 Å². The van der Waals surface area contributed by atoms with Gasteiger partial charge < -0.3 is 15.5 Å². The molecule has 24 heavy (non-hydrogen) atoms. The molecule has 7 nitrogen and oxygen atoms in total. The molecular weight excluding hydrogens is 306 g/mol. The highest BCUT2D eigenvalue weighted by molar-refractivity contribution is 5.90. The Balaban J connectivity index is 1.52. The predicted octanol–water partition coefficient (Wildman–Crippen LogP) is 0.984. The summed E-state index contributed by atoms with van der Waals surface area (Å²) in [6.07, 6.45) is 6.12. The molecule has 2 aromatic rings. The molecule has 0 aliphatic carbocycles. The third-order valence-electron chi connectivity index (χ3n) is 3.76. The first kappa shape index (κ1) is 15.9. The maximum atomic E-state index is 12.0. The molecule has 0 atom stereocenters. The van der Waals surface area contributed by atoms with Crippen LogP contribution in [0.2, 0.25) is 0 Å². The summed E-state index contributed by atoms with van der Waals surface area (Å²) in [5, 5.41) is 5.61. The molecule has 3 heterocycles. The SMILES string of the molecule is O=C1CN(c2ccc(NC(=O)CCc3cccnc3)cn2)CCN1. The molecule has 1 saturated heterocycles. The number of rotatable bonds is 5. The molecule has 1 fully saturated rings. The molecule has 1 aliphatic rings. The Hall–Kier alpha value is -2.96. The number of amides is 2. The maximum absolute atomic E-state index is 12.0. The minimum Gasteiger partial charge on any atom is -0.353 e. The second kappa shape index (κ2) is 7.54. The Bertz CT molecular complexity index is 703. The first-order valence-electron chi connectivity index (χ1n) is 7.87. The topological polar surface area (TPSA) is 87.2 Å². The average molecular weight is 325 g/mol. The van der Waals surface area contributed by atoms with Crippen LogP contribution in [0, 0.1) is 0 Å². The standard InChI is InChI=1S/C17H19N5O2/c23-16(6-3-13-2-1-7-18-10-13)21-14-4-5-15(20-11-14)22-9-8-19-17(24)12-22/h1-2,4-5,7,10-11H,3,6,8-9,12H2,(H,19,24)(H,21,23). The third kappa shape index (κ3) is 4.28. The van der Waals surface area contributed by atoms with Crippen molar-refractivity contribution in [3.63, 3.8) is 0 Å². The summed E-state index contributed by atoms with van der Waals surface area (Å²) in [4.78, 5) is 33.7. The fourth-order valence-corrected chi connectivity index (χ4v) is 2.51. The number of carbonyl (C=O) groups is 2. The van der Waals surface area contributed by atoms with E-state index in [1.165, 1.54) is 0 Å². The molecule has 0 radical (unpaired) electrons. The van der Waals surface area contributed by atoms with Crippen molar-refractivity contribution in [3.05, 3.63) is 48.4 Å². The first-order valence-corrected chi connectivity index (χ1v) is 7.87. The number of aryl methyl sites for hydroxylation is 1. The van der Waals surface area contributed by atoms with Gasteiger partial charge in [-0.3, -0.25) is 14.6 Å². The van der Waals surface area contributed by atoms with Crippen molar-refractivity contribution in [1.29, 1.82) is 0 Å². The lowest BCUT2D eigenvalue weighted by molar-refractivity contribution is -0.120. The molecule has 1 aliphatic heterocycles. The minimum atomic E-state index is -0.0641. The number of nitrogens with one attached hydrogen (secondary N) is 2. The van der Waals surface area contributed by atoms with Crippen molar-refractivity contribution in [2.75, 3.05) is 29.9 Å². The van der Waals surface area contributed by atoms with Crippen molar-refractivity contribution < 1.29 is 9.59 Å². The van der Waals surface area contributed by atoms with E-state index in [9.17, 15) is 9.59 Å². The van der Waals surface area contributed by atoms with E-state index in [1.54, 1.807) is 24.7 Å². The largest absolute Gasteiger partial charge is 0.353 e. The van der Waals surface area contributed by atoms with Gasteiger partial charge in [-0.25, -0.2) is 4.98 Å². The molecule has 2 aromatic heterocycles. The highest BCUT2D eigenvalue weighted by Crippen LogP contribution is 2.15. The smallest absolute Gasteiger partial charge is 0.239 e. The van der Waals surface area contributed by atoms with Crippen LogP contribution < -0.4 is 15.5 Å². The normalized spacial score (nSPS) is 14.2. The summed E-state index contributed by atoms with van der Waals surface area (Å²) >= 11 is 0. The van der Waals surface area contributed by atoms with E-state index >= 15 is 0 Å². The Kier molecular flexibility index (Phi) is 5.00. The number of hydrogen-bond donors (Lipinski definition) is 2. The van der Waals surface area contributed by atoms with Gasteiger partial charge in [-0.2, -0.15) is 0 Å². The first-order chi connectivity index (χ1) is 11.7. The van der Waals surface area contributed by atoms with Gasteiger partial charge in [0.15, 0.2) is 0 Å². The monoisotopic (exact) mass is 325 g/mol. The van der Waals surface area contributed by atoms with Crippen LogP contribution in [0.25, 0.3) is 0 Å². The summed E-state index contributed by atoms with van der Waals surface area (Å²) in [6.45, 7) is 1.66. The number of pyridine rings is 2. The predicted molar refractivity (Wildman–Crippen MR) is 90.6 cm³/mol. The second-order valence-electron chi connectivity index (χ2n) is 5.59. The van der Waals surface area contributed by atoms with E-state index in [-0.39, 0.29) is 11.8 Å². The van der Waals surface area contributed by atoms with E-state index < -0.39 is 0 Å². The molecule has 0 aromatic carbocycles. The molecular formula is C17H19N5O2. The van der Waals surface area contributed by atoms with Gasteiger partial charge in [0.1, 0.15) is 5.82 Å². The van der Waals surface area contributed by atoms with Gasteiger partial charge in [-0.1, -0.05) is 6.07 Å². The minimum absolute atomic E-state index is 0.00386. The van der Waals surface area contributed by atoms with Crippen LogP contribution in [-0.4, -0.2) is 41.4 Å². The molecule has 0 spiro atoms. The molecule has 2 amide bonds. The van der Waals surface area contributed by atoms with Gasteiger partial charge in [0.25, 0.3) is 0 Å². The van der Waals surface area contributed by atoms with Gasteiger partial charge in [0, 0.05) is 31.9 Å². The zero-order valence-electron chi connectivity index (χ0n) is 13.2. The molecule has 124 valence electrons. The zero-order valence-corrected chi connectivity index (χ0v) is 13.2. The summed E-state index contributed by atoms with van der Waals surface area (Å²) in [6, 6.07) is 7.42. The van der Waals surface area contributed by atoms with Gasteiger partial charge in [0.05, 0.1) is 18.4 Å². The lowest BCUT2D eigenvalue weighted by Crippen LogP contribution is -2.48. The van der Waals surface area contributed by atoms with E-state index in [4.69, 9.17) is 0 Å². The van der Waals surface area contributed by atoms with Crippen LogP contribution in [0.5, 0.6) is 0 Å². The summed E-state index contributed by atoms with van der Waals surface area (Å²) in [5.74, 6) is 0.666. The second-order valence-corrected chi connectivity index (χ2v) is 5.59. The van der Waals surface area contributed by atoms with Crippen LogP contribution in [0.1, 0.15) is 12.0 Å². The van der Waals surface area contributed by atoms with Gasteiger partial charge in [-0.15, -0.1) is 0 Å². The number of nitrogens with zero attached hydrogens (tertiary/aromatic N) is 3.